The highest BCUT2D eigenvalue weighted by Crippen LogP contribution is 2.30. The summed E-state index contributed by atoms with van der Waals surface area (Å²) in [6.45, 7) is 10.3. The van der Waals surface area contributed by atoms with Crippen LogP contribution in [0.2, 0.25) is 0 Å². The zero-order chi connectivity index (χ0) is 14.6. The third-order valence-corrected chi connectivity index (χ3v) is 4.72. The van der Waals surface area contributed by atoms with E-state index in [4.69, 9.17) is 5.26 Å². The minimum atomic E-state index is 0.302. The molecule has 2 rings (SSSR count). The van der Waals surface area contributed by atoms with E-state index in [0.717, 1.165) is 19.6 Å². The van der Waals surface area contributed by atoms with Crippen LogP contribution in [0.1, 0.15) is 38.0 Å². The molecule has 0 amide bonds. The highest BCUT2D eigenvalue weighted by molar-refractivity contribution is 7.10. The molecule has 1 aromatic rings. The number of nitrogens with one attached hydrogen (secondary N) is 1. The van der Waals surface area contributed by atoms with Crippen LogP contribution in [0.4, 0.5) is 0 Å². The van der Waals surface area contributed by atoms with E-state index in [1.807, 2.05) is 11.3 Å². The first-order chi connectivity index (χ1) is 9.48. The van der Waals surface area contributed by atoms with Crippen molar-refractivity contribution in [2.24, 2.45) is 5.41 Å². The molecular weight excluding hydrogens is 266 g/mol. The number of nitrogens with zero attached hydrogens (tertiary/aromatic N) is 2. The summed E-state index contributed by atoms with van der Waals surface area (Å²) in [4.78, 5) is 3.74. The van der Waals surface area contributed by atoms with Crippen molar-refractivity contribution >= 4 is 11.3 Å². The third kappa shape index (κ3) is 4.59. The van der Waals surface area contributed by atoms with Gasteiger partial charge in [-0.1, -0.05) is 26.8 Å². The lowest BCUT2D eigenvalue weighted by atomic mass is 9.91. The molecule has 1 aromatic heterocycles. The van der Waals surface area contributed by atoms with Crippen molar-refractivity contribution in [1.29, 1.82) is 5.26 Å². The highest BCUT2D eigenvalue weighted by atomic mass is 32.1. The maximum atomic E-state index is 8.97. The van der Waals surface area contributed by atoms with Crippen LogP contribution in [-0.4, -0.2) is 37.1 Å². The Hall–Kier alpha value is -0.890. The number of rotatable bonds is 4. The maximum absolute atomic E-state index is 8.97. The zero-order valence-corrected chi connectivity index (χ0v) is 13.5. The van der Waals surface area contributed by atoms with Gasteiger partial charge in [0.2, 0.25) is 0 Å². The van der Waals surface area contributed by atoms with E-state index in [1.54, 1.807) is 0 Å². The summed E-state index contributed by atoms with van der Waals surface area (Å²) in [5.74, 6) is 0.564. The van der Waals surface area contributed by atoms with Gasteiger partial charge in [-0.2, -0.15) is 5.26 Å². The fraction of sp³-hybridized carbons (Fsp3) is 0.688. The third-order valence-electron chi connectivity index (χ3n) is 3.69. The summed E-state index contributed by atoms with van der Waals surface area (Å²) >= 11 is 1.84. The Morgan fingerprint density at radius 2 is 2.25 bits per heavy atom. The Bertz CT molecular complexity index is 441. The summed E-state index contributed by atoms with van der Waals surface area (Å²) in [5, 5.41) is 14.8. The summed E-state index contributed by atoms with van der Waals surface area (Å²) in [6, 6.07) is 7.14. The largest absolute Gasteiger partial charge is 0.312 e. The molecule has 0 spiro atoms. The van der Waals surface area contributed by atoms with Crippen LogP contribution in [0.15, 0.2) is 17.5 Å². The Labute approximate surface area is 126 Å². The average Bonchev–Trinajstić information content (AvgIpc) is 2.89. The van der Waals surface area contributed by atoms with Gasteiger partial charge in [0, 0.05) is 36.5 Å². The van der Waals surface area contributed by atoms with Gasteiger partial charge in [0.1, 0.15) is 0 Å². The van der Waals surface area contributed by atoms with E-state index in [2.05, 4.69) is 54.6 Å². The second-order valence-corrected chi connectivity index (χ2v) is 7.92. The molecule has 0 radical (unpaired) electrons. The maximum Gasteiger partial charge on any atom is 0.0866 e. The summed E-state index contributed by atoms with van der Waals surface area (Å²) < 4.78 is 0. The van der Waals surface area contributed by atoms with E-state index in [-0.39, 0.29) is 0 Å². The summed E-state index contributed by atoms with van der Waals surface area (Å²) in [5.41, 5.74) is 0.302. The van der Waals surface area contributed by atoms with Crippen molar-refractivity contribution < 1.29 is 0 Å². The first-order valence-electron chi connectivity index (χ1n) is 7.34. The van der Waals surface area contributed by atoms with Crippen LogP contribution in [0.3, 0.4) is 0 Å². The van der Waals surface area contributed by atoms with Crippen LogP contribution in [-0.2, 0) is 0 Å². The fourth-order valence-electron chi connectivity index (χ4n) is 2.75. The number of piperidine rings is 1. The predicted molar refractivity (Wildman–Crippen MR) is 85.0 cm³/mol. The highest BCUT2D eigenvalue weighted by Gasteiger charge is 2.29. The van der Waals surface area contributed by atoms with Gasteiger partial charge >= 0.3 is 0 Å². The molecule has 1 saturated heterocycles. The van der Waals surface area contributed by atoms with Crippen LogP contribution in [0.5, 0.6) is 0 Å². The lowest BCUT2D eigenvalue weighted by molar-refractivity contribution is 0.181. The van der Waals surface area contributed by atoms with E-state index >= 15 is 0 Å². The Balaban J connectivity index is 1.99. The number of likely N-dealkylation sites (tertiary alicyclic amines) is 1. The molecule has 20 heavy (non-hydrogen) atoms. The first kappa shape index (κ1) is 15.5. The quantitative estimate of drug-likeness (QED) is 0.867. The van der Waals surface area contributed by atoms with Crippen LogP contribution >= 0.6 is 11.3 Å². The van der Waals surface area contributed by atoms with Gasteiger partial charge in [0.15, 0.2) is 0 Å². The molecule has 3 nitrogen and oxygen atoms in total. The lowest BCUT2D eigenvalue weighted by Gasteiger charge is -2.38. The molecule has 4 heteroatoms. The molecule has 1 aliphatic heterocycles. The molecule has 0 bridgehead atoms. The van der Waals surface area contributed by atoms with Gasteiger partial charge in [-0.3, -0.25) is 4.90 Å². The number of hydrogen-bond donors (Lipinski definition) is 1. The molecule has 0 aromatic carbocycles. The minimum Gasteiger partial charge on any atom is -0.312 e. The van der Waals surface area contributed by atoms with E-state index in [9.17, 15) is 0 Å². The average molecular weight is 291 g/mol. The molecule has 1 N–H and O–H groups in total. The van der Waals surface area contributed by atoms with Crippen molar-refractivity contribution in [1.82, 2.24) is 10.2 Å². The van der Waals surface area contributed by atoms with Crippen molar-refractivity contribution in [2.75, 3.05) is 26.2 Å². The second-order valence-electron chi connectivity index (χ2n) is 6.94. The smallest absolute Gasteiger partial charge is 0.0866 e. The van der Waals surface area contributed by atoms with Gasteiger partial charge in [-0.05, 0) is 23.3 Å². The molecule has 2 heterocycles. The molecule has 1 fully saturated rings. The molecule has 1 aliphatic rings. The van der Waals surface area contributed by atoms with Gasteiger partial charge in [-0.25, -0.2) is 0 Å². The van der Waals surface area contributed by atoms with Crippen molar-refractivity contribution in [3.05, 3.63) is 22.4 Å². The van der Waals surface area contributed by atoms with Crippen molar-refractivity contribution in [3.8, 4) is 6.07 Å². The standard InChI is InChI=1S/C16H25N3S/c1-16(2,3)12-18-14-9-13(15-5-4-8-20-15)10-19(11-14)7-6-17/h4-5,8,13-14,18H,7,9-12H2,1-3H3. The van der Waals surface area contributed by atoms with E-state index in [1.165, 1.54) is 11.3 Å². The van der Waals surface area contributed by atoms with Crippen molar-refractivity contribution in [3.63, 3.8) is 0 Å². The molecule has 2 atom stereocenters. The Morgan fingerprint density at radius 1 is 1.45 bits per heavy atom. The van der Waals surface area contributed by atoms with Crippen LogP contribution in [0.25, 0.3) is 0 Å². The van der Waals surface area contributed by atoms with Crippen molar-refractivity contribution in [2.45, 2.75) is 39.2 Å². The topological polar surface area (TPSA) is 39.1 Å². The molecule has 0 saturated carbocycles. The van der Waals surface area contributed by atoms with Gasteiger partial charge in [-0.15, -0.1) is 11.3 Å². The van der Waals surface area contributed by atoms with E-state index in [0.29, 0.717) is 23.9 Å². The minimum absolute atomic E-state index is 0.302. The number of hydrogen-bond acceptors (Lipinski definition) is 4. The fourth-order valence-corrected chi connectivity index (χ4v) is 3.58. The second kappa shape index (κ2) is 6.71. The Morgan fingerprint density at radius 3 is 2.85 bits per heavy atom. The van der Waals surface area contributed by atoms with Gasteiger partial charge in [0.05, 0.1) is 12.6 Å². The number of nitriles is 1. The molecule has 2 unspecified atom stereocenters. The Kier molecular flexibility index (Phi) is 5.20. The van der Waals surface area contributed by atoms with Gasteiger partial charge < -0.3 is 5.32 Å². The van der Waals surface area contributed by atoms with E-state index < -0.39 is 0 Å². The zero-order valence-electron chi connectivity index (χ0n) is 12.7. The molecule has 0 aliphatic carbocycles. The molecular formula is C16H25N3S. The molecule has 110 valence electrons. The predicted octanol–water partition coefficient (Wildman–Crippen LogP) is 3.07. The summed E-state index contributed by atoms with van der Waals surface area (Å²) in [6.07, 6.45) is 1.18. The van der Waals surface area contributed by atoms with Crippen LogP contribution < -0.4 is 5.32 Å². The van der Waals surface area contributed by atoms with Crippen LogP contribution in [0, 0.1) is 16.7 Å². The lowest BCUT2D eigenvalue weighted by Crippen LogP contribution is -2.50. The number of thiophene rings is 1. The normalized spacial score (nSPS) is 24.5. The SMILES string of the molecule is CC(C)(C)CNC1CC(c2cccs2)CN(CC#N)C1. The first-order valence-corrected chi connectivity index (χ1v) is 8.22. The summed E-state index contributed by atoms with van der Waals surface area (Å²) in [7, 11) is 0. The monoisotopic (exact) mass is 291 g/mol. The van der Waals surface area contributed by atoms with Gasteiger partial charge in [0.25, 0.3) is 0 Å².